The second-order valence-corrected chi connectivity index (χ2v) is 4.82. The Morgan fingerprint density at radius 1 is 0.783 bits per heavy atom. The van der Waals surface area contributed by atoms with Crippen LogP contribution < -0.4 is 26.6 Å². The van der Waals surface area contributed by atoms with E-state index in [2.05, 4.69) is 26.6 Å². The summed E-state index contributed by atoms with van der Waals surface area (Å²) in [5, 5.41) is 11.7. The van der Waals surface area contributed by atoms with Crippen LogP contribution in [0, 0.1) is 0 Å². The molecule has 10 heteroatoms. The summed E-state index contributed by atoms with van der Waals surface area (Å²) < 4.78 is 0. The molecule has 5 N–H and O–H groups in total. The summed E-state index contributed by atoms with van der Waals surface area (Å²) in [4.78, 5) is 56.6. The van der Waals surface area contributed by atoms with E-state index in [1.165, 1.54) is 27.8 Å². The third kappa shape index (κ3) is 9.06. The van der Waals surface area contributed by atoms with Gasteiger partial charge in [0.2, 0.25) is 29.5 Å². The molecule has 0 radical (unpaired) electrons. The highest BCUT2D eigenvalue weighted by atomic mass is 16.2. The highest BCUT2D eigenvalue weighted by Crippen LogP contribution is 1.82. The van der Waals surface area contributed by atoms with Crippen LogP contribution in [0.25, 0.3) is 0 Å². The van der Waals surface area contributed by atoms with Crippen molar-refractivity contribution in [2.24, 2.45) is 0 Å². The van der Waals surface area contributed by atoms with E-state index in [0.29, 0.717) is 0 Å². The molecule has 0 aromatic heterocycles. The minimum Gasteiger partial charge on any atom is -0.357 e. The molecular weight excluding hydrogens is 306 g/mol. The van der Waals surface area contributed by atoms with E-state index in [0.717, 1.165) is 0 Å². The van der Waals surface area contributed by atoms with Crippen LogP contribution in [0.1, 0.15) is 20.8 Å². The van der Waals surface area contributed by atoms with Crippen molar-refractivity contribution in [1.29, 1.82) is 0 Å². The van der Waals surface area contributed by atoms with Crippen molar-refractivity contribution < 1.29 is 24.0 Å². The molecule has 5 amide bonds. The van der Waals surface area contributed by atoms with Gasteiger partial charge < -0.3 is 26.6 Å². The number of nitrogens with one attached hydrogen (secondary N) is 5. The van der Waals surface area contributed by atoms with Crippen molar-refractivity contribution in [3.63, 3.8) is 0 Å². The molecule has 0 rings (SSSR count). The van der Waals surface area contributed by atoms with Gasteiger partial charge in [-0.25, -0.2) is 0 Å². The molecule has 0 aromatic rings. The van der Waals surface area contributed by atoms with Gasteiger partial charge in [-0.2, -0.15) is 0 Å². The Morgan fingerprint density at radius 3 is 1.83 bits per heavy atom. The highest BCUT2D eigenvalue weighted by Gasteiger charge is 2.16. The molecule has 130 valence electrons. The quantitative estimate of drug-likeness (QED) is 0.322. The van der Waals surface area contributed by atoms with Gasteiger partial charge >= 0.3 is 0 Å². The predicted molar refractivity (Wildman–Crippen MR) is 81.0 cm³/mol. The first-order valence-corrected chi connectivity index (χ1v) is 6.99. The zero-order valence-corrected chi connectivity index (χ0v) is 13.6. The fourth-order valence-corrected chi connectivity index (χ4v) is 1.51. The lowest BCUT2D eigenvalue weighted by molar-refractivity contribution is -0.130. The number of carbonyl (C=O) groups is 5. The van der Waals surface area contributed by atoms with E-state index in [1.54, 1.807) is 0 Å². The molecule has 0 fully saturated rings. The van der Waals surface area contributed by atoms with Crippen molar-refractivity contribution in [3.8, 4) is 0 Å². The molecule has 2 atom stereocenters. The van der Waals surface area contributed by atoms with Crippen LogP contribution in [0.2, 0.25) is 0 Å². The Kier molecular flexibility index (Phi) is 8.97. The molecule has 0 aromatic carbocycles. The Balaban J connectivity index is 4.03. The third-order valence-corrected chi connectivity index (χ3v) is 2.70. The molecule has 0 spiro atoms. The summed E-state index contributed by atoms with van der Waals surface area (Å²) in [5.74, 6) is -2.35. The van der Waals surface area contributed by atoms with Gasteiger partial charge in [-0.05, 0) is 13.8 Å². The zero-order valence-electron chi connectivity index (χ0n) is 13.6. The molecule has 0 unspecified atom stereocenters. The molecule has 0 aliphatic heterocycles. The van der Waals surface area contributed by atoms with Crippen LogP contribution in [-0.4, -0.2) is 61.8 Å². The minimum absolute atomic E-state index is 0.322. The van der Waals surface area contributed by atoms with Gasteiger partial charge in [-0.15, -0.1) is 0 Å². The minimum atomic E-state index is -0.767. The average Bonchev–Trinajstić information content (AvgIpc) is 2.48. The molecule has 0 bridgehead atoms. The van der Waals surface area contributed by atoms with Gasteiger partial charge in [-0.1, -0.05) is 0 Å². The van der Waals surface area contributed by atoms with Crippen LogP contribution in [0.5, 0.6) is 0 Å². The second kappa shape index (κ2) is 10.1. The smallest absolute Gasteiger partial charge is 0.242 e. The fraction of sp³-hybridized carbons (Fsp3) is 0.615. The van der Waals surface area contributed by atoms with Crippen molar-refractivity contribution >= 4 is 29.5 Å². The van der Waals surface area contributed by atoms with Crippen molar-refractivity contribution in [2.75, 3.05) is 20.1 Å². The van der Waals surface area contributed by atoms with Crippen LogP contribution in [0.15, 0.2) is 0 Å². The SMILES string of the molecule is CNC(=O)[C@@H](C)NC(=O)CNC(=O)CNC(=O)[C@@H](C)NC(C)=O. The molecule has 10 nitrogen and oxygen atoms in total. The topological polar surface area (TPSA) is 146 Å². The van der Waals surface area contributed by atoms with Gasteiger partial charge in [0.05, 0.1) is 13.1 Å². The first-order chi connectivity index (χ1) is 10.7. The van der Waals surface area contributed by atoms with Crippen LogP contribution in [0.4, 0.5) is 0 Å². The number of hydrogen-bond donors (Lipinski definition) is 5. The normalized spacial score (nSPS) is 12.3. The lowest BCUT2D eigenvalue weighted by Gasteiger charge is -2.14. The van der Waals surface area contributed by atoms with Crippen LogP contribution in [-0.2, 0) is 24.0 Å². The lowest BCUT2D eigenvalue weighted by atomic mass is 10.3. The van der Waals surface area contributed by atoms with E-state index in [1.807, 2.05) is 0 Å². The molecular formula is C13H23N5O5. The van der Waals surface area contributed by atoms with Gasteiger partial charge in [0.15, 0.2) is 0 Å². The number of hydrogen-bond acceptors (Lipinski definition) is 5. The zero-order chi connectivity index (χ0) is 18.0. The predicted octanol–water partition coefficient (Wildman–Crippen LogP) is -3.01. The summed E-state index contributed by atoms with van der Waals surface area (Å²) in [7, 11) is 1.44. The summed E-state index contributed by atoms with van der Waals surface area (Å²) >= 11 is 0. The largest absolute Gasteiger partial charge is 0.357 e. The summed E-state index contributed by atoms with van der Waals surface area (Å²) in [5.41, 5.74) is 0. The maximum absolute atomic E-state index is 11.5. The average molecular weight is 329 g/mol. The van der Waals surface area contributed by atoms with Crippen LogP contribution >= 0.6 is 0 Å². The summed E-state index contributed by atoms with van der Waals surface area (Å²) in [6.45, 7) is 3.59. The molecule has 23 heavy (non-hydrogen) atoms. The molecule has 0 saturated heterocycles. The van der Waals surface area contributed by atoms with Crippen molar-refractivity contribution in [1.82, 2.24) is 26.6 Å². The lowest BCUT2D eigenvalue weighted by Crippen LogP contribution is -2.49. The number of carbonyl (C=O) groups excluding carboxylic acids is 5. The number of amides is 5. The maximum atomic E-state index is 11.5. The molecule has 0 saturated carbocycles. The second-order valence-electron chi connectivity index (χ2n) is 4.82. The summed E-state index contributed by atoms with van der Waals surface area (Å²) in [6.07, 6.45) is 0. The van der Waals surface area contributed by atoms with Gasteiger partial charge in [0.1, 0.15) is 12.1 Å². The standard InChI is InChI=1S/C13H23N5O5/c1-7(12(22)14-4)18-11(21)6-15-10(20)5-16-13(23)8(2)17-9(3)19/h7-8H,5-6H2,1-4H3,(H,14,22)(H,15,20)(H,16,23)(H,17,19)(H,18,21)/t7-,8-/m1/s1. The molecule has 0 aliphatic rings. The summed E-state index contributed by atoms with van der Waals surface area (Å²) in [6, 6.07) is -1.49. The van der Waals surface area contributed by atoms with E-state index in [4.69, 9.17) is 0 Å². The Labute approximate surface area is 134 Å². The Bertz CT molecular complexity index is 479. The van der Waals surface area contributed by atoms with E-state index >= 15 is 0 Å². The van der Waals surface area contributed by atoms with E-state index in [-0.39, 0.29) is 24.9 Å². The highest BCUT2D eigenvalue weighted by molar-refractivity contribution is 5.92. The third-order valence-electron chi connectivity index (χ3n) is 2.70. The maximum Gasteiger partial charge on any atom is 0.242 e. The monoisotopic (exact) mass is 329 g/mol. The number of likely N-dealkylation sites (N-methyl/N-ethyl adjacent to an activating group) is 1. The van der Waals surface area contributed by atoms with Crippen LogP contribution in [0.3, 0.4) is 0 Å². The van der Waals surface area contributed by atoms with Crippen molar-refractivity contribution in [2.45, 2.75) is 32.9 Å². The number of rotatable bonds is 8. The first kappa shape index (κ1) is 20.3. The first-order valence-electron chi connectivity index (χ1n) is 6.99. The van der Waals surface area contributed by atoms with Gasteiger partial charge in [-0.3, -0.25) is 24.0 Å². The van der Waals surface area contributed by atoms with Gasteiger partial charge in [0.25, 0.3) is 0 Å². The van der Waals surface area contributed by atoms with Crippen molar-refractivity contribution in [3.05, 3.63) is 0 Å². The fourth-order valence-electron chi connectivity index (χ4n) is 1.51. The van der Waals surface area contributed by atoms with Gasteiger partial charge in [0, 0.05) is 14.0 Å². The molecule has 0 heterocycles. The van der Waals surface area contributed by atoms with E-state index < -0.39 is 29.8 Å². The van der Waals surface area contributed by atoms with E-state index in [9.17, 15) is 24.0 Å². The Hall–Kier alpha value is -2.65. The molecule has 0 aliphatic carbocycles. The Morgan fingerprint density at radius 2 is 1.30 bits per heavy atom.